The molecule has 0 radical (unpaired) electrons. The number of fused-ring (bicyclic) bond motifs is 6. The Morgan fingerprint density at radius 2 is 0.790 bits per heavy atom. The maximum atomic E-state index is 5.00. The van der Waals surface area contributed by atoms with Gasteiger partial charge in [-0.2, -0.15) is 0 Å². The summed E-state index contributed by atoms with van der Waals surface area (Å²) in [6.45, 7) is 0. The molecule has 0 atom stereocenters. The van der Waals surface area contributed by atoms with Crippen molar-refractivity contribution >= 4 is 43.6 Å². The van der Waals surface area contributed by atoms with E-state index >= 15 is 0 Å². The first-order valence-electron chi connectivity index (χ1n) is 20.8. The molecule has 0 N–H and O–H groups in total. The van der Waals surface area contributed by atoms with Crippen molar-refractivity contribution < 1.29 is 0 Å². The summed E-state index contributed by atoms with van der Waals surface area (Å²) in [5.41, 5.74) is 13.9. The molecule has 0 bridgehead atoms. The van der Waals surface area contributed by atoms with Crippen LogP contribution in [-0.4, -0.2) is 29.1 Å². The van der Waals surface area contributed by atoms with E-state index in [2.05, 4.69) is 155 Å². The fourth-order valence-electron chi connectivity index (χ4n) is 9.02. The molecule has 12 aromatic rings. The lowest BCUT2D eigenvalue weighted by Gasteiger charge is -2.12. The lowest BCUT2D eigenvalue weighted by molar-refractivity contribution is 1.07. The number of aromatic nitrogens is 6. The summed E-state index contributed by atoms with van der Waals surface area (Å²) in [5.74, 6) is 1.80. The quantitative estimate of drug-likeness (QED) is 0.161. The molecule has 0 spiro atoms. The van der Waals surface area contributed by atoms with Crippen LogP contribution in [-0.2, 0) is 0 Å². The second kappa shape index (κ2) is 14.7. The van der Waals surface area contributed by atoms with Gasteiger partial charge in [0.25, 0.3) is 0 Å². The molecule has 0 aliphatic rings. The minimum absolute atomic E-state index is 0.571. The first kappa shape index (κ1) is 35.5. The summed E-state index contributed by atoms with van der Waals surface area (Å²) < 4.78 is 4.75. The normalized spacial score (nSPS) is 11.5. The monoisotopic (exact) mass is 792 g/mol. The molecule has 8 aromatic carbocycles. The van der Waals surface area contributed by atoms with Gasteiger partial charge >= 0.3 is 0 Å². The molecule has 0 aliphatic heterocycles. The van der Waals surface area contributed by atoms with Crippen LogP contribution in [0.1, 0.15) is 0 Å². The third-order valence-corrected chi connectivity index (χ3v) is 11.8. The van der Waals surface area contributed by atoms with Crippen LogP contribution in [0.2, 0.25) is 0 Å². The number of pyridine rings is 1. The topological polar surface area (TPSA) is 61.4 Å². The maximum absolute atomic E-state index is 5.00. The van der Waals surface area contributed by atoms with Gasteiger partial charge < -0.3 is 9.13 Å². The average Bonchev–Trinajstić information content (AvgIpc) is 3.87. The summed E-state index contributed by atoms with van der Waals surface area (Å²) in [5, 5.41) is 4.80. The van der Waals surface area contributed by atoms with Crippen LogP contribution in [0.3, 0.4) is 0 Å². The Labute approximate surface area is 357 Å². The minimum atomic E-state index is 0.571. The highest BCUT2D eigenvalue weighted by molar-refractivity contribution is 6.16. The number of hydrogen-bond acceptors (Lipinski definition) is 4. The highest BCUT2D eigenvalue weighted by Crippen LogP contribution is 2.41. The summed E-state index contributed by atoms with van der Waals surface area (Å²) in [6, 6.07) is 72.6. The molecule has 0 unspecified atom stereocenters. The molecular weight excluding hydrogens is 757 g/mol. The van der Waals surface area contributed by atoms with Crippen LogP contribution in [0.15, 0.2) is 219 Å². The van der Waals surface area contributed by atoms with Crippen molar-refractivity contribution in [3.8, 4) is 67.8 Å². The Morgan fingerprint density at radius 3 is 1.52 bits per heavy atom. The van der Waals surface area contributed by atoms with Gasteiger partial charge in [-0.1, -0.05) is 146 Å². The van der Waals surface area contributed by atoms with Crippen molar-refractivity contribution in [1.82, 2.24) is 29.1 Å². The van der Waals surface area contributed by atoms with Gasteiger partial charge in [0.2, 0.25) is 0 Å². The van der Waals surface area contributed by atoms with Crippen LogP contribution in [0.25, 0.3) is 111 Å². The van der Waals surface area contributed by atoms with E-state index in [1.54, 1.807) is 0 Å². The highest BCUT2D eigenvalue weighted by Gasteiger charge is 2.19. The number of benzene rings is 8. The Hall–Kier alpha value is -8.48. The van der Waals surface area contributed by atoms with E-state index in [4.69, 9.17) is 19.9 Å². The lowest BCUT2D eigenvalue weighted by atomic mass is 9.99. The van der Waals surface area contributed by atoms with Crippen molar-refractivity contribution in [2.24, 2.45) is 0 Å². The predicted molar refractivity (Wildman–Crippen MR) is 253 cm³/mol. The lowest BCUT2D eigenvalue weighted by Crippen LogP contribution is -2.00. The van der Waals surface area contributed by atoms with Crippen molar-refractivity contribution in [3.05, 3.63) is 219 Å². The number of hydrogen-bond donors (Lipinski definition) is 0. The van der Waals surface area contributed by atoms with E-state index in [9.17, 15) is 0 Å². The van der Waals surface area contributed by atoms with E-state index in [0.29, 0.717) is 17.5 Å². The summed E-state index contributed by atoms with van der Waals surface area (Å²) in [7, 11) is 0. The molecule has 4 heterocycles. The van der Waals surface area contributed by atoms with Gasteiger partial charge in [-0.05, 0) is 77.4 Å². The van der Waals surface area contributed by atoms with Crippen LogP contribution in [0.4, 0.5) is 0 Å². The molecule has 0 amide bonds. The van der Waals surface area contributed by atoms with E-state index in [1.807, 2.05) is 73.1 Å². The molecule has 290 valence electrons. The molecule has 0 saturated heterocycles. The van der Waals surface area contributed by atoms with Crippen molar-refractivity contribution in [1.29, 1.82) is 0 Å². The van der Waals surface area contributed by atoms with Crippen LogP contribution in [0.5, 0.6) is 0 Å². The summed E-state index contributed by atoms with van der Waals surface area (Å²) >= 11 is 0. The molecule has 0 saturated carbocycles. The standard InChI is InChI=1S/C56H36N6/c1-4-16-37(17-5-1)54-58-55(38-18-6-2-7-19-38)60-56(59-54)42-32-41(35-57-36-42)45-26-15-29-52-53(45)47-25-11-13-28-50(47)62(52)44-23-14-20-39(33-44)40-30-31-51-48(34-40)46-24-10-12-27-49(46)61(51)43-21-8-3-9-22-43/h1-36H. The van der Waals surface area contributed by atoms with Gasteiger partial charge in [0.15, 0.2) is 17.5 Å². The molecule has 0 fully saturated rings. The van der Waals surface area contributed by atoms with Crippen molar-refractivity contribution in [3.63, 3.8) is 0 Å². The van der Waals surface area contributed by atoms with Crippen LogP contribution >= 0.6 is 0 Å². The fraction of sp³-hybridized carbons (Fsp3) is 0. The number of rotatable bonds is 7. The van der Waals surface area contributed by atoms with E-state index in [0.717, 1.165) is 61.2 Å². The van der Waals surface area contributed by atoms with E-state index in [1.165, 1.54) is 32.8 Å². The van der Waals surface area contributed by atoms with Gasteiger partial charge in [-0.25, -0.2) is 15.0 Å². The first-order chi connectivity index (χ1) is 30.7. The molecular formula is C56H36N6. The van der Waals surface area contributed by atoms with Gasteiger partial charge in [-0.3, -0.25) is 4.98 Å². The third-order valence-electron chi connectivity index (χ3n) is 11.8. The second-order valence-electron chi connectivity index (χ2n) is 15.5. The largest absolute Gasteiger partial charge is 0.309 e. The zero-order valence-corrected chi connectivity index (χ0v) is 33.5. The third kappa shape index (κ3) is 5.96. The molecule has 6 nitrogen and oxygen atoms in total. The molecule has 62 heavy (non-hydrogen) atoms. The molecule has 6 heteroatoms. The SMILES string of the molecule is c1ccc(-c2nc(-c3ccccc3)nc(-c3cncc(-c4cccc5c4c4ccccc4n5-c4cccc(-c5ccc6c(c5)c5ccccc5n6-c5ccccc5)c4)c3)n2)cc1. The second-order valence-corrected chi connectivity index (χ2v) is 15.5. The number of para-hydroxylation sites is 3. The van der Waals surface area contributed by atoms with Gasteiger partial charge in [-0.15, -0.1) is 0 Å². The highest BCUT2D eigenvalue weighted by atomic mass is 15.0. The molecule has 12 rings (SSSR count). The summed E-state index contributed by atoms with van der Waals surface area (Å²) in [6.07, 6.45) is 3.78. The van der Waals surface area contributed by atoms with Crippen molar-refractivity contribution in [2.45, 2.75) is 0 Å². The predicted octanol–water partition coefficient (Wildman–Crippen LogP) is 13.8. The van der Waals surface area contributed by atoms with Crippen LogP contribution < -0.4 is 0 Å². The maximum Gasteiger partial charge on any atom is 0.165 e. The molecule has 4 aromatic heterocycles. The van der Waals surface area contributed by atoms with Gasteiger partial charge in [0.1, 0.15) is 0 Å². The minimum Gasteiger partial charge on any atom is -0.309 e. The summed E-state index contributed by atoms with van der Waals surface area (Å²) in [4.78, 5) is 19.7. The zero-order chi connectivity index (χ0) is 41.0. The smallest absolute Gasteiger partial charge is 0.165 e. The Morgan fingerprint density at radius 1 is 0.290 bits per heavy atom. The van der Waals surface area contributed by atoms with Crippen molar-refractivity contribution in [2.75, 3.05) is 0 Å². The Balaban J connectivity index is 0.983. The fourth-order valence-corrected chi connectivity index (χ4v) is 9.02. The average molecular weight is 793 g/mol. The van der Waals surface area contributed by atoms with E-state index in [-0.39, 0.29) is 0 Å². The van der Waals surface area contributed by atoms with E-state index < -0.39 is 0 Å². The Bertz CT molecular complexity index is 3570. The van der Waals surface area contributed by atoms with Crippen LogP contribution in [0, 0.1) is 0 Å². The number of nitrogens with zero attached hydrogens (tertiary/aromatic N) is 6. The zero-order valence-electron chi connectivity index (χ0n) is 33.5. The Kier molecular flexibility index (Phi) is 8.38. The van der Waals surface area contributed by atoms with Gasteiger partial charge in [0.05, 0.1) is 22.1 Å². The molecule has 0 aliphatic carbocycles. The first-order valence-corrected chi connectivity index (χ1v) is 20.8. The van der Waals surface area contributed by atoms with Gasteiger partial charge in [0, 0.05) is 67.6 Å².